The van der Waals surface area contributed by atoms with Gasteiger partial charge in [0, 0.05) is 5.02 Å². The molecule has 0 saturated carbocycles. The summed E-state index contributed by atoms with van der Waals surface area (Å²) < 4.78 is 32.5. The van der Waals surface area contributed by atoms with Gasteiger partial charge in [0.1, 0.15) is 6.54 Å². The first-order valence-electron chi connectivity index (χ1n) is 8.96. The Bertz CT molecular complexity index is 1190. The third-order valence-corrected chi connectivity index (χ3v) is 7.91. The summed E-state index contributed by atoms with van der Waals surface area (Å²) in [5, 5.41) is 10.9. The predicted octanol–water partition coefficient (Wildman–Crippen LogP) is 3.29. The van der Waals surface area contributed by atoms with Crippen molar-refractivity contribution in [3.8, 4) is 0 Å². The normalized spacial score (nSPS) is 11.1. The van der Waals surface area contributed by atoms with Crippen LogP contribution in [0, 0.1) is 0 Å². The smallest absolute Gasteiger partial charge is 0.316 e. The van der Waals surface area contributed by atoms with Gasteiger partial charge in [-0.1, -0.05) is 52.9 Å². The molecule has 0 atom stereocenters. The topological polar surface area (TPSA) is 119 Å². The van der Waals surface area contributed by atoms with Gasteiger partial charge >= 0.3 is 5.97 Å². The van der Waals surface area contributed by atoms with Crippen molar-refractivity contribution in [3.63, 3.8) is 0 Å². The second-order valence-electron chi connectivity index (χ2n) is 6.09. The van der Waals surface area contributed by atoms with Crippen LogP contribution in [-0.4, -0.2) is 49.9 Å². The Labute approximate surface area is 197 Å². The molecule has 1 aromatic heterocycles. The van der Waals surface area contributed by atoms with Crippen LogP contribution in [0.15, 0.2) is 63.8 Å². The molecule has 3 rings (SSSR count). The number of hydrogen-bond acceptors (Lipinski definition) is 9. The summed E-state index contributed by atoms with van der Waals surface area (Å²) in [6.07, 6.45) is 0. The van der Waals surface area contributed by atoms with Crippen LogP contribution >= 0.6 is 34.7 Å². The number of amides is 1. The first-order valence-corrected chi connectivity index (χ1v) is 12.6. The third kappa shape index (κ3) is 6.19. The largest absolute Gasteiger partial charge is 0.468 e. The highest BCUT2D eigenvalue weighted by Crippen LogP contribution is 2.27. The molecule has 0 spiro atoms. The molecule has 0 saturated heterocycles. The van der Waals surface area contributed by atoms with E-state index in [4.69, 9.17) is 11.6 Å². The van der Waals surface area contributed by atoms with Crippen LogP contribution in [0.4, 0.5) is 10.8 Å². The number of para-hydroxylation sites is 1. The highest BCUT2D eigenvalue weighted by molar-refractivity contribution is 8.01. The second kappa shape index (κ2) is 10.8. The van der Waals surface area contributed by atoms with Gasteiger partial charge in [-0.2, -0.15) is 0 Å². The predicted molar refractivity (Wildman–Crippen MR) is 124 cm³/mol. The number of thioether (sulfide) groups is 1. The number of rotatable bonds is 9. The molecule has 13 heteroatoms. The van der Waals surface area contributed by atoms with Crippen molar-refractivity contribution in [2.75, 3.05) is 29.0 Å². The number of esters is 1. The summed E-state index contributed by atoms with van der Waals surface area (Å²) in [5.74, 6) is -0.964. The number of nitrogens with zero attached hydrogens (tertiary/aromatic N) is 3. The minimum Gasteiger partial charge on any atom is -0.468 e. The van der Waals surface area contributed by atoms with Gasteiger partial charge < -0.3 is 4.74 Å². The molecule has 2 aromatic carbocycles. The van der Waals surface area contributed by atoms with Crippen molar-refractivity contribution in [3.05, 3.63) is 59.6 Å². The number of ether oxygens (including phenoxy) is 1. The third-order valence-electron chi connectivity index (χ3n) is 3.93. The molecule has 1 N–H and O–H groups in total. The Kier molecular flexibility index (Phi) is 8.07. The summed E-state index contributed by atoms with van der Waals surface area (Å²) in [4.78, 5) is 23.9. The maximum atomic E-state index is 13.2. The number of carbonyl (C=O) groups excluding carboxylic acids is 2. The molecule has 0 aliphatic rings. The first kappa shape index (κ1) is 24.0. The molecule has 32 heavy (non-hydrogen) atoms. The van der Waals surface area contributed by atoms with Crippen LogP contribution in [0.25, 0.3) is 0 Å². The fraction of sp³-hybridized carbons (Fsp3) is 0.158. The van der Waals surface area contributed by atoms with Gasteiger partial charge in [0.05, 0.1) is 23.4 Å². The molecule has 0 aliphatic carbocycles. The number of aromatic nitrogens is 2. The van der Waals surface area contributed by atoms with Crippen LogP contribution < -0.4 is 9.62 Å². The molecule has 0 aliphatic heterocycles. The van der Waals surface area contributed by atoms with Gasteiger partial charge in [-0.05, 0) is 36.4 Å². The van der Waals surface area contributed by atoms with E-state index in [0.717, 1.165) is 27.4 Å². The zero-order valence-corrected chi connectivity index (χ0v) is 19.8. The number of sulfonamides is 1. The number of anilines is 2. The molecule has 0 unspecified atom stereocenters. The molecular formula is C19H17ClN4O5S3. The zero-order chi connectivity index (χ0) is 23.1. The van der Waals surface area contributed by atoms with Crippen molar-refractivity contribution in [1.82, 2.24) is 10.2 Å². The van der Waals surface area contributed by atoms with E-state index in [1.165, 1.54) is 31.4 Å². The maximum Gasteiger partial charge on any atom is 0.316 e. The lowest BCUT2D eigenvalue weighted by Gasteiger charge is -2.23. The number of carbonyl (C=O) groups is 2. The molecule has 1 amide bonds. The molecule has 1 heterocycles. The van der Waals surface area contributed by atoms with E-state index in [-0.39, 0.29) is 15.8 Å². The first-order chi connectivity index (χ1) is 15.3. The minimum absolute atomic E-state index is 0.00374. The lowest BCUT2D eigenvalue weighted by Crippen LogP contribution is -2.38. The van der Waals surface area contributed by atoms with Crippen LogP contribution in [0.2, 0.25) is 5.02 Å². The van der Waals surface area contributed by atoms with Gasteiger partial charge in [-0.3, -0.25) is 19.2 Å². The SMILES string of the molecule is COC(=O)CSc1nnc(NC(=O)CN(c2ccccc2)S(=O)(=O)c2ccc(Cl)cc2)s1. The molecular weight excluding hydrogens is 496 g/mol. The molecule has 0 fully saturated rings. The van der Waals surface area contributed by atoms with Gasteiger partial charge in [-0.15, -0.1) is 10.2 Å². The van der Waals surface area contributed by atoms with Crippen molar-refractivity contribution in [2.45, 2.75) is 9.24 Å². The van der Waals surface area contributed by atoms with E-state index >= 15 is 0 Å². The minimum atomic E-state index is -4.05. The van der Waals surface area contributed by atoms with E-state index in [0.29, 0.717) is 15.0 Å². The van der Waals surface area contributed by atoms with Gasteiger partial charge in [0.15, 0.2) is 4.34 Å². The lowest BCUT2D eigenvalue weighted by molar-refractivity contribution is -0.137. The van der Waals surface area contributed by atoms with Crippen molar-refractivity contribution in [1.29, 1.82) is 0 Å². The van der Waals surface area contributed by atoms with E-state index in [9.17, 15) is 18.0 Å². The zero-order valence-electron chi connectivity index (χ0n) is 16.6. The molecule has 9 nitrogen and oxygen atoms in total. The molecule has 0 radical (unpaired) electrons. The van der Waals surface area contributed by atoms with Crippen LogP contribution in [-0.2, 0) is 24.3 Å². The van der Waals surface area contributed by atoms with Crippen LogP contribution in [0.3, 0.4) is 0 Å². The van der Waals surface area contributed by atoms with Gasteiger partial charge in [-0.25, -0.2) is 8.42 Å². The molecule has 0 bridgehead atoms. The summed E-state index contributed by atoms with van der Waals surface area (Å²) >= 11 is 8.05. The van der Waals surface area contributed by atoms with Crippen LogP contribution in [0.5, 0.6) is 0 Å². The average Bonchev–Trinajstić information content (AvgIpc) is 3.23. The summed E-state index contributed by atoms with van der Waals surface area (Å²) in [6, 6.07) is 14.0. The molecule has 168 valence electrons. The number of hydrogen-bond donors (Lipinski definition) is 1. The maximum absolute atomic E-state index is 13.2. The number of halogens is 1. The lowest BCUT2D eigenvalue weighted by atomic mass is 10.3. The van der Waals surface area contributed by atoms with Crippen molar-refractivity contribution in [2.24, 2.45) is 0 Å². The standard InChI is InChI=1S/C19H17ClN4O5S3/c1-29-17(26)12-30-19-23-22-18(31-19)21-16(25)11-24(14-5-3-2-4-6-14)32(27,28)15-9-7-13(20)8-10-15/h2-10H,11-12H2,1H3,(H,21,22,25). The van der Waals surface area contributed by atoms with Crippen LogP contribution in [0.1, 0.15) is 0 Å². The fourth-order valence-corrected chi connectivity index (χ4v) is 5.58. The Balaban J connectivity index is 1.77. The van der Waals surface area contributed by atoms with Gasteiger partial charge in [0.2, 0.25) is 11.0 Å². The van der Waals surface area contributed by atoms with E-state index in [1.54, 1.807) is 30.3 Å². The quantitative estimate of drug-likeness (QED) is 0.263. The Hall–Kier alpha value is -2.67. The Morgan fingerprint density at radius 1 is 1.12 bits per heavy atom. The Morgan fingerprint density at radius 2 is 1.81 bits per heavy atom. The average molecular weight is 513 g/mol. The van der Waals surface area contributed by atoms with E-state index in [1.807, 2.05) is 0 Å². The van der Waals surface area contributed by atoms with E-state index < -0.39 is 28.4 Å². The van der Waals surface area contributed by atoms with Gasteiger partial charge in [0.25, 0.3) is 10.0 Å². The Morgan fingerprint density at radius 3 is 2.47 bits per heavy atom. The number of methoxy groups -OCH3 is 1. The highest BCUT2D eigenvalue weighted by atomic mass is 35.5. The van der Waals surface area contributed by atoms with Crippen molar-refractivity contribution >= 4 is 67.4 Å². The summed E-state index contributed by atoms with van der Waals surface area (Å²) in [5.41, 5.74) is 0.323. The number of benzene rings is 2. The summed E-state index contributed by atoms with van der Waals surface area (Å²) in [6.45, 7) is -0.487. The summed E-state index contributed by atoms with van der Waals surface area (Å²) in [7, 11) is -2.77. The van der Waals surface area contributed by atoms with E-state index in [2.05, 4.69) is 20.3 Å². The van der Waals surface area contributed by atoms with Crippen molar-refractivity contribution < 1.29 is 22.7 Å². The molecule has 3 aromatic rings. The number of nitrogens with one attached hydrogen (secondary N) is 1. The fourth-order valence-electron chi connectivity index (χ4n) is 2.43. The monoisotopic (exact) mass is 512 g/mol. The highest BCUT2D eigenvalue weighted by Gasteiger charge is 2.27. The second-order valence-corrected chi connectivity index (χ2v) is 10.6.